The minimum Gasteiger partial charge on any atom is -0.497 e. The number of benzene rings is 1. The molecule has 1 aromatic heterocycles. The number of ether oxygens (including phenoxy) is 2. The smallest absolute Gasteiger partial charge is 0.409 e. The molecule has 2 heterocycles. The van der Waals surface area contributed by atoms with Gasteiger partial charge in [0.2, 0.25) is 5.91 Å². The monoisotopic (exact) mass is 494 g/mol. The van der Waals surface area contributed by atoms with Crippen LogP contribution in [0.4, 0.5) is 10.5 Å². The van der Waals surface area contributed by atoms with Crippen molar-refractivity contribution in [2.45, 2.75) is 44.6 Å². The number of aromatic nitrogens is 1. The molecule has 0 saturated carbocycles. The van der Waals surface area contributed by atoms with Crippen molar-refractivity contribution in [3.8, 4) is 5.75 Å². The Morgan fingerprint density at radius 1 is 1.21 bits per heavy atom. The van der Waals surface area contributed by atoms with Gasteiger partial charge in [-0.2, -0.15) is 0 Å². The van der Waals surface area contributed by atoms with E-state index >= 15 is 0 Å². The SMILES string of the molecule is CCOC(=O)N1CCC(NC(=O)CN(c2ccc(OC)cc2)S(=O)(=O)c2c(C)noc2C)CC1. The molecule has 0 radical (unpaired) electrons. The number of sulfonamides is 1. The summed E-state index contributed by atoms with van der Waals surface area (Å²) in [5.41, 5.74) is 0.510. The molecule has 0 spiro atoms. The number of amides is 2. The predicted octanol–water partition coefficient (Wildman–Crippen LogP) is 2.23. The number of methoxy groups -OCH3 is 1. The summed E-state index contributed by atoms with van der Waals surface area (Å²) >= 11 is 0. The van der Waals surface area contributed by atoms with Gasteiger partial charge in [0.25, 0.3) is 10.0 Å². The van der Waals surface area contributed by atoms with Crippen LogP contribution in [0.1, 0.15) is 31.2 Å². The maximum absolute atomic E-state index is 13.6. The number of aryl methyl sites for hydroxylation is 2. The van der Waals surface area contributed by atoms with Crippen molar-refractivity contribution in [2.24, 2.45) is 0 Å². The molecule has 0 unspecified atom stereocenters. The molecule has 0 atom stereocenters. The zero-order chi connectivity index (χ0) is 24.9. The Bertz CT molecular complexity index is 1090. The molecule has 3 rings (SSSR count). The Balaban J connectivity index is 1.77. The average Bonchev–Trinajstić information content (AvgIpc) is 3.16. The van der Waals surface area contributed by atoms with Gasteiger partial charge >= 0.3 is 6.09 Å². The third-order valence-electron chi connectivity index (χ3n) is 5.55. The zero-order valence-corrected chi connectivity index (χ0v) is 20.6. The number of carbonyl (C=O) groups excluding carboxylic acids is 2. The van der Waals surface area contributed by atoms with Crippen LogP contribution in [-0.2, 0) is 19.6 Å². The quantitative estimate of drug-likeness (QED) is 0.591. The van der Waals surface area contributed by atoms with Gasteiger partial charge in [-0.15, -0.1) is 0 Å². The molecular formula is C22H30N4O7S. The molecule has 186 valence electrons. The minimum absolute atomic E-state index is 0.0705. The summed E-state index contributed by atoms with van der Waals surface area (Å²) in [6, 6.07) is 6.19. The van der Waals surface area contributed by atoms with E-state index in [1.54, 1.807) is 36.1 Å². The number of rotatable bonds is 8. The van der Waals surface area contributed by atoms with E-state index < -0.39 is 22.5 Å². The fraction of sp³-hybridized carbons (Fsp3) is 0.500. The molecule has 2 aromatic rings. The molecule has 2 amide bonds. The van der Waals surface area contributed by atoms with Gasteiger partial charge in [-0.1, -0.05) is 5.16 Å². The van der Waals surface area contributed by atoms with Gasteiger partial charge in [-0.25, -0.2) is 13.2 Å². The number of hydrogen-bond donors (Lipinski definition) is 1. The van der Waals surface area contributed by atoms with E-state index in [9.17, 15) is 18.0 Å². The van der Waals surface area contributed by atoms with Crippen LogP contribution in [0, 0.1) is 13.8 Å². The van der Waals surface area contributed by atoms with Crippen LogP contribution in [0.3, 0.4) is 0 Å². The highest BCUT2D eigenvalue weighted by molar-refractivity contribution is 7.93. The zero-order valence-electron chi connectivity index (χ0n) is 19.7. The number of anilines is 1. The molecule has 1 saturated heterocycles. The van der Waals surface area contributed by atoms with Crippen molar-refractivity contribution in [3.05, 3.63) is 35.7 Å². The van der Waals surface area contributed by atoms with E-state index in [2.05, 4.69) is 10.5 Å². The molecule has 1 N–H and O–H groups in total. The highest BCUT2D eigenvalue weighted by atomic mass is 32.2. The van der Waals surface area contributed by atoms with Crippen LogP contribution >= 0.6 is 0 Å². The van der Waals surface area contributed by atoms with Gasteiger partial charge in [-0.3, -0.25) is 9.10 Å². The Hall–Kier alpha value is -3.28. The lowest BCUT2D eigenvalue weighted by atomic mass is 10.1. The van der Waals surface area contributed by atoms with E-state index in [0.717, 1.165) is 4.31 Å². The number of carbonyl (C=O) groups is 2. The summed E-state index contributed by atoms with van der Waals surface area (Å²) in [5, 5.41) is 6.64. The maximum atomic E-state index is 13.6. The number of nitrogens with zero attached hydrogens (tertiary/aromatic N) is 3. The molecule has 1 aromatic carbocycles. The lowest BCUT2D eigenvalue weighted by Gasteiger charge is -2.32. The van der Waals surface area contributed by atoms with Crippen LogP contribution < -0.4 is 14.4 Å². The Labute approximate surface area is 199 Å². The molecule has 0 bridgehead atoms. The third-order valence-corrected chi connectivity index (χ3v) is 7.57. The van der Waals surface area contributed by atoms with Gasteiger partial charge in [0.1, 0.15) is 18.0 Å². The molecule has 11 nitrogen and oxygen atoms in total. The maximum Gasteiger partial charge on any atom is 0.409 e. The average molecular weight is 495 g/mol. The van der Waals surface area contributed by atoms with Gasteiger partial charge in [0.05, 0.1) is 19.4 Å². The third kappa shape index (κ3) is 5.61. The van der Waals surface area contributed by atoms with E-state index in [1.807, 2.05) is 0 Å². The van der Waals surface area contributed by atoms with Crippen LogP contribution in [-0.4, -0.2) is 69.9 Å². The molecule has 1 aliphatic heterocycles. The first-order chi connectivity index (χ1) is 16.2. The van der Waals surface area contributed by atoms with Crippen LogP contribution in [0.2, 0.25) is 0 Å². The highest BCUT2D eigenvalue weighted by Gasteiger charge is 2.33. The molecule has 1 fully saturated rings. The van der Waals surface area contributed by atoms with Crippen LogP contribution in [0.25, 0.3) is 0 Å². The van der Waals surface area contributed by atoms with Crippen LogP contribution in [0.5, 0.6) is 5.75 Å². The summed E-state index contributed by atoms with van der Waals surface area (Å²) in [6.07, 6.45) is 0.719. The molecule has 34 heavy (non-hydrogen) atoms. The molecular weight excluding hydrogens is 464 g/mol. The number of likely N-dealkylation sites (tertiary alicyclic amines) is 1. The van der Waals surface area contributed by atoms with E-state index in [-0.39, 0.29) is 28.5 Å². The predicted molar refractivity (Wildman–Crippen MR) is 123 cm³/mol. The van der Waals surface area contributed by atoms with Crippen molar-refractivity contribution in [3.63, 3.8) is 0 Å². The first-order valence-electron chi connectivity index (χ1n) is 11.0. The standard InChI is InChI=1S/C22H30N4O7S/c1-5-32-22(28)25-12-10-17(11-13-25)23-20(27)14-26(18-6-8-19(31-4)9-7-18)34(29,30)21-15(2)24-33-16(21)3/h6-9,17H,5,10-14H2,1-4H3,(H,23,27). The van der Waals surface area contributed by atoms with Crippen molar-refractivity contribution < 1.29 is 32.0 Å². The Morgan fingerprint density at radius 2 is 1.85 bits per heavy atom. The number of piperidine rings is 1. The van der Waals surface area contributed by atoms with Gasteiger partial charge in [0.15, 0.2) is 10.7 Å². The fourth-order valence-electron chi connectivity index (χ4n) is 3.84. The lowest BCUT2D eigenvalue weighted by molar-refractivity contribution is -0.120. The highest BCUT2D eigenvalue weighted by Crippen LogP contribution is 2.29. The normalized spacial score (nSPS) is 14.5. The van der Waals surface area contributed by atoms with Crippen molar-refractivity contribution in [2.75, 3.05) is 37.7 Å². The van der Waals surface area contributed by atoms with Crippen LogP contribution in [0.15, 0.2) is 33.7 Å². The minimum atomic E-state index is -4.15. The number of hydrogen-bond acceptors (Lipinski definition) is 8. The molecule has 0 aliphatic carbocycles. The summed E-state index contributed by atoms with van der Waals surface area (Å²) < 4.78 is 43.4. The molecule has 1 aliphatic rings. The Morgan fingerprint density at radius 3 is 2.38 bits per heavy atom. The van der Waals surface area contributed by atoms with Gasteiger partial charge in [-0.05, 0) is 57.9 Å². The Kier molecular flexibility index (Phi) is 8.02. The summed E-state index contributed by atoms with van der Waals surface area (Å²) in [6.45, 7) is 5.55. The van der Waals surface area contributed by atoms with Gasteiger partial charge < -0.3 is 24.2 Å². The van der Waals surface area contributed by atoms with E-state index in [0.29, 0.717) is 44.0 Å². The first-order valence-corrected chi connectivity index (χ1v) is 12.4. The second-order valence-corrected chi connectivity index (χ2v) is 9.69. The van der Waals surface area contributed by atoms with Crippen molar-refractivity contribution in [1.82, 2.24) is 15.4 Å². The fourth-order valence-corrected chi connectivity index (χ4v) is 5.56. The topological polar surface area (TPSA) is 131 Å². The van der Waals surface area contributed by atoms with Crippen molar-refractivity contribution in [1.29, 1.82) is 0 Å². The second-order valence-electron chi connectivity index (χ2n) is 7.89. The second kappa shape index (κ2) is 10.8. The summed E-state index contributed by atoms with van der Waals surface area (Å²) in [5.74, 6) is 0.236. The van der Waals surface area contributed by atoms with Crippen molar-refractivity contribution >= 4 is 27.7 Å². The lowest BCUT2D eigenvalue weighted by Crippen LogP contribution is -2.49. The molecule has 12 heteroatoms. The van der Waals surface area contributed by atoms with Gasteiger partial charge in [0, 0.05) is 19.1 Å². The first kappa shape index (κ1) is 25.3. The van der Waals surface area contributed by atoms with E-state index in [4.69, 9.17) is 14.0 Å². The largest absolute Gasteiger partial charge is 0.497 e. The summed E-state index contributed by atoms with van der Waals surface area (Å²) in [4.78, 5) is 26.3. The number of nitrogens with one attached hydrogen (secondary N) is 1. The summed E-state index contributed by atoms with van der Waals surface area (Å²) in [7, 11) is -2.64. The van der Waals surface area contributed by atoms with E-state index in [1.165, 1.54) is 21.0 Å².